The van der Waals surface area contributed by atoms with E-state index in [1.165, 1.54) is 0 Å². The average molecular weight is 209 g/mol. The summed E-state index contributed by atoms with van der Waals surface area (Å²) < 4.78 is 8.16. The zero-order valence-corrected chi connectivity index (χ0v) is 8.62. The molecule has 0 saturated carbocycles. The van der Waals surface area contributed by atoms with Crippen molar-refractivity contribution in [3.8, 4) is 0 Å². The van der Waals surface area contributed by atoms with Crippen molar-refractivity contribution in [2.24, 2.45) is 0 Å². The number of hydrogen-bond donors (Lipinski definition) is 1. The summed E-state index contributed by atoms with van der Waals surface area (Å²) in [7, 11) is -1.02. The SMILES string of the molecule is CCO[p+]1[nH]c(=O)nc2ccccc21. The molecule has 0 aliphatic rings. The Morgan fingerprint density at radius 1 is 1.50 bits per heavy atom. The number of nitrogens with one attached hydrogen (secondary N) is 1. The quantitative estimate of drug-likeness (QED) is 0.817. The van der Waals surface area contributed by atoms with Crippen LogP contribution in [0.25, 0.3) is 10.6 Å². The van der Waals surface area contributed by atoms with Gasteiger partial charge in [0.1, 0.15) is 5.52 Å². The van der Waals surface area contributed by atoms with E-state index in [-0.39, 0.29) is 5.69 Å². The highest BCUT2D eigenvalue weighted by Crippen LogP contribution is 2.28. The number of hydrogen-bond acceptors (Lipinski definition) is 3. The van der Waals surface area contributed by atoms with Gasteiger partial charge in [0.25, 0.3) is 0 Å². The predicted molar refractivity (Wildman–Crippen MR) is 56.6 cm³/mol. The summed E-state index contributed by atoms with van der Waals surface area (Å²) in [4.78, 5) is 15.0. The van der Waals surface area contributed by atoms with Crippen molar-refractivity contribution in [2.75, 3.05) is 6.61 Å². The van der Waals surface area contributed by atoms with Gasteiger partial charge in [0.15, 0.2) is 0 Å². The fourth-order valence-electron chi connectivity index (χ4n) is 1.24. The first-order valence-electron chi connectivity index (χ1n) is 4.35. The van der Waals surface area contributed by atoms with Gasteiger partial charge in [-0.3, -0.25) is 0 Å². The molecule has 0 aliphatic carbocycles. The van der Waals surface area contributed by atoms with Crippen LogP contribution < -0.4 is 10.2 Å². The van der Waals surface area contributed by atoms with Gasteiger partial charge in [-0.1, -0.05) is 12.1 Å². The third-order valence-electron chi connectivity index (χ3n) is 1.78. The third-order valence-corrected chi connectivity index (χ3v) is 3.50. The second kappa shape index (κ2) is 3.86. The Morgan fingerprint density at radius 3 is 3.07 bits per heavy atom. The summed E-state index contributed by atoms with van der Waals surface area (Å²) in [5.41, 5.74) is 0.402. The second-order valence-electron chi connectivity index (χ2n) is 2.73. The zero-order valence-electron chi connectivity index (χ0n) is 7.73. The first-order chi connectivity index (χ1) is 6.81. The molecule has 1 N–H and O–H groups in total. The number of fused-ring (bicyclic) bond motifs is 1. The molecule has 0 aliphatic heterocycles. The highest BCUT2D eigenvalue weighted by atomic mass is 31.1. The van der Waals surface area contributed by atoms with Gasteiger partial charge in [-0.2, -0.15) is 9.51 Å². The second-order valence-corrected chi connectivity index (χ2v) is 4.28. The van der Waals surface area contributed by atoms with Crippen molar-refractivity contribution in [1.29, 1.82) is 0 Å². The highest BCUT2D eigenvalue weighted by Gasteiger charge is 2.15. The van der Waals surface area contributed by atoms with E-state index in [0.29, 0.717) is 6.61 Å². The summed E-state index contributed by atoms with van der Waals surface area (Å²) in [6.45, 7) is 2.49. The van der Waals surface area contributed by atoms with E-state index in [4.69, 9.17) is 4.52 Å². The van der Waals surface area contributed by atoms with Crippen LogP contribution in [0.5, 0.6) is 0 Å². The lowest BCUT2D eigenvalue weighted by atomic mass is 10.3. The number of nitrogens with zero attached hydrogens (tertiary/aromatic N) is 1. The monoisotopic (exact) mass is 209 g/mol. The summed E-state index contributed by atoms with van der Waals surface area (Å²) >= 11 is 0. The Morgan fingerprint density at radius 2 is 2.29 bits per heavy atom. The fraction of sp³-hybridized carbons (Fsp3) is 0.222. The van der Waals surface area contributed by atoms with Gasteiger partial charge in [-0.05, 0) is 19.1 Å². The Kier molecular flexibility index (Phi) is 2.57. The third kappa shape index (κ3) is 1.67. The molecule has 0 radical (unpaired) electrons. The number of H-pyrrole nitrogens is 1. The van der Waals surface area contributed by atoms with Crippen LogP contribution in [0.3, 0.4) is 0 Å². The van der Waals surface area contributed by atoms with E-state index in [1.54, 1.807) is 0 Å². The number of aromatic amines is 1. The molecule has 1 atom stereocenters. The van der Waals surface area contributed by atoms with Crippen LogP contribution in [0.15, 0.2) is 29.1 Å². The molecule has 2 rings (SSSR count). The van der Waals surface area contributed by atoms with Crippen LogP contribution in [0, 0.1) is 0 Å². The zero-order chi connectivity index (χ0) is 9.97. The van der Waals surface area contributed by atoms with Crippen LogP contribution in [-0.2, 0) is 0 Å². The lowest BCUT2D eigenvalue weighted by molar-refractivity contribution is 0.457. The van der Waals surface area contributed by atoms with Gasteiger partial charge in [0.2, 0.25) is 5.12 Å². The number of aromatic nitrogens is 2. The topological polar surface area (TPSA) is 55.0 Å². The van der Waals surface area contributed by atoms with Crippen molar-refractivity contribution < 1.29 is 4.52 Å². The molecule has 4 nitrogen and oxygen atoms in total. The molecule has 5 heteroatoms. The van der Waals surface area contributed by atoms with Crippen molar-refractivity contribution in [2.45, 2.75) is 6.92 Å². The predicted octanol–water partition coefficient (Wildman–Crippen LogP) is 1.64. The molecule has 0 fully saturated rings. The van der Waals surface area contributed by atoms with Gasteiger partial charge in [-0.15, -0.1) is 4.75 Å². The number of rotatable bonds is 2. The lowest BCUT2D eigenvalue weighted by Gasteiger charge is -1.91. The Hall–Kier alpha value is -1.25. The standard InChI is InChI=1S/C9H9N2O2P/c1-2-13-14-8-6-4-3-5-7(8)10-9(12)11-14/h3-6H,2H2,1H3/p+1. The van der Waals surface area contributed by atoms with Gasteiger partial charge >= 0.3 is 13.6 Å². The van der Waals surface area contributed by atoms with Crippen LogP contribution in [0.2, 0.25) is 0 Å². The van der Waals surface area contributed by atoms with Gasteiger partial charge in [0, 0.05) is 0 Å². The summed E-state index contributed by atoms with van der Waals surface area (Å²) in [5, 5.41) is 0.976. The minimum Gasteiger partial charge on any atom is -0.242 e. The van der Waals surface area contributed by atoms with Crippen LogP contribution >= 0.6 is 7.92 Å². The van der Waals surface area contributed by atoms with Gasteiger partial charge < -0.3 is 0 Å². The highest BCUT2D eigenvalue weighted by molar-refractivity contribution is 7.46. The molecule has 72 valence electrons. The molecule has 0 saturated heterocycles. The van der Waals surface area contributed by atoms with Gasteiger partial charge in [-0.25, -0.2) is 4.79 Å². The average Bonchev–Trinajstić information content (AvgIpc) is 2.18. The van der Waals surface area contributed by atoms with Crippen LogP contribution in [0.4, 0.5) is 0 Å². The van der Waals surface area contributed by atoms with Crippen LogP contribution in [0.1, 0.15) is 6.92 Å². The molecular formula is C9H10N2O2P+. The molecular weight excluding hydrogens is 199 g/mol. The normalized spacial score (nSPS) is 11.9. The largest absolute Gasteiger partial charge is 0.395 e. The molecule has 0 amide bonds. The van der Waals surface area contributed by atoms with Crippen molar-refractivity contribution in [1.82, 2.24) is 9.73 Å². The van der Waals surface area contributed by atoms with E-state index in [9.17, 15) is 4.79 Å². The van der Waals surface area contributed by atoms with E-state index >= 15 is 0 Å². The molecule has 1 aromatic carbocycles. The smallest absolute Gasteiger partial charge is 0.242 e. The van der Waals surface area contributed by atoms with Crippen LogP contribution in [-0.4, -0.2) is 16.3 Å². The summed E-state index contributed by atoms with van der Waals surface area (Å²) in [5.74, 6) is 0. The Labute approximate surface area is 81.8 Å². The van der Waals surface area contributed by atoms with Crippen molar-refractivity contribution in [3.63, 3.8) is 0 Å². The first-order valence-corrected chi connectivity index (χ1v) is 5.61. The maximum absolute atomic E-state index is 11.2. The lowest BCUT2D eigenvalue weighted by Crippen LogP contribution is -2.09. The maximum Gasteiger partial charge on any atom is 0.395 e. The fourth-order valence-corrected chi connectivity index (χ4v) is 2.60. The molecule has 0 bridgehead atoms. The van der Waals surface area contributed by atoms with E-state index in [1.807, 2.05) is 31.2 Å². The molecule has 1 unspecified atom stereocenters. The molecule has 2 aromatic rings. The van der Waals surface area contributed by atoms with Crippen molar-refractivity contribution >= 4 is 18.6 Å². The molecule has 1 heterocycles. The van der Waals surface area contributed by atoms with Gasteiger partial charge in [0.05, 0.1) is 6.61 Å². The van der Waals surface area contributed by atoms with E-state index < -0.39 is 7.92 Å². The Balaban J connectivity index is 2.73. The summed E-state index contributed by atoms with van der Waals surface area (Å²) in [6.07, 6.45) is 0. The number of benzene rings is 1. The minimum atomic E-state index is -1.02. The molecule has 14 heavy (non-hydrogen) atoms. The summed E-state index contributed by atoms with van der Waals surface area (Å²) in [6, 6.07) is 7.53. The number of para-hydroxylation sites is 1. The van der Waals surface area contributed by atoms with E-state index in [0.717, 1.165) is 10.6 Å². The Bertz CT molecular complexity index is 509. The van der Waals surface area contributed by atoms with E-state index in [2.05, 4.69) is 9.73 Å². The van der Waals surface area contributed by atoms with Crippen molar-refractivity contribution in [3.05, 3.63) is 34.7 Å². The first kappa shape index (κ1) is 9.31. The molecule has 1 aromatic heterocycles. The minimum absolute atomic E-state index is 0.316. The molecule has 0 spiro atoms. The maximum atomic E-state index is 11.2.